The number of nitrogens with one attached hydrogen (secondary N) is 1. The van der Waals surface area contributed by atoms with E-state index in [1.165, 1.54) is 49.2 Å². The van der Waals surface area contributed by atoms with E-state index in [2.05, 4.69) is 49.2 Å². The summed E-state index contributed by atoms with van der Waals surface area (Å²) >= 11 is 0. The van der Waals surface area contributed by atoms with E-state index < -0.39 is 0 Å². The number of hydrogen-bond acceptors (Lipinski definition) is 2. The third-order valence-electron chi connectivity index (χ3n) is 4.39. The Kier molecular flexibility index (Phi) is 5.90. The summed E-state index contributed by atoms with van der Waals surface area (Å²) in [5, 5.41) is 3.70. The van der Waals surface area contributed by atoms with E-state index in [0.717, 1.165) is 19.4 Å². The topological polar surface area (TPSA) is 15.3 Å². The van der Waals surface area contributed by atoms with E-state index in [0.29, 0.717) is 6.04 Å². The monoisotopic (exact) mass is 274 g/mol. The predicted octanol–water partition coefficient (Wildman–Crippen LogP) is 3.78. The van der Waals surface area contributed by atoms with Gasteiger partial charge in [0, 0.05) is 24.8 Å². The van der Waals surface area contributed by atoms with Crippen molar-refractivity contribution in [1.82, 2.24) is 5.32 Å². The molecule has 1 heterocycles. The molecule has 1 unspecified atom stereocenters. The van der Waals surface area contributed by atoms with Crippen molar-refractivity contribution >= 4 is 5.69 Å². The normalized spacial score (nSPS) is 19.4. The fraction of sp³-hybridized carbons (Fsp3) is 0.667. The molecule has 0 spiro atoms. The van der Waals surface area contributed by atoms with Crippen LogP contribution in [-0.2, 0) is 12.8 Å². The molecule has 1 aliphatic rings. The number of para-hydroxylation sites is 1. The van der Waals surface area contributed by atoms with Gasteiger partial charge in [-0.15, -0.1) is 0 Å². The predicted molar refractivity (Wildman–Crippen MR) is 88.7 cm³/mol. The second-order valence-corrected chi connectivity index (χ2v) is 5.87. The van der Waals surface area contributed by atoms with Gasteiger partial charge in [0.05, 0.1) is 0 Å². The smallest absolute Gasteiger partial charge is 0.0431 e. The summed E-state index contributed by atoms with van der Waals surface area (Å²) in [6.45, 7) is 10.3. The molecule has 0 aromatic heterocycles. The van der Waals surface area contributed by atoms with Crippen LogP contribution in [-0.4, -0.2) is 25.7 Å². The first-order chi connectivity index (χ1) is 9.80. The van der Waals surface area contributed by atoms with E-state index in [9.17, 15) is 0 Å². The number of hydrogen-bond donors (Lipinski definition) is 1. The van der Waals surface area contributed by atoms with Gasteiger partial charge in [0.1, 0.15) is 0 Å². The molecule has 1 aromatic carbocycles. The Hall–Kier alpha value is -1.02. The molecule has 0 radical (unpaired) electrons. The molecular formula is C18H30N2. The lowest BCUT2D eigenvalue weighted by Crippen LogP contribution is -2.46. The summed E-state index contributed by atoms with van der Waals surface area (Å²) in [7, 11) is 0. The third kappa shape index (κ3) is 3.54. The summed E-state index contributed by atoms with van der Waals surface area (Å²) in [5.41, 5.74) is 4.56. The van der Waals surface area contributed by atoms with Gasteiger partial charge in [0.15, 0.2) is 0 Å². The first-order valence-electron chi connectivity index (χ1n) is 8.39. The molecule has 2 rings (SSSR count). The molecule has 2 nitrogen and oxygen atoms in total. The summed E-state index contributed by atoms with van der Waals surface area (Å²) < 4.78 is 0. The molecule has 1 saturated heterocycles. The highest BCUT2D eigenvalue weighted by Crippen LogP contribution is 2.29. The van der Waals surface area contributed by atoms with Crippen molar-refractivity contribution in [3.8, 4) is 0 Å². The summed E-state index contributed by atoms with van der Waals surface area (Å²) in [5.74, 6) is 0. The van der Waals surface area contributed by atoms with E-state index >= 15 is 0 Å². The molecule has 1 aliphatic heterocycles. The maximum atomic E-state index is 3.70. The minimum Gasteiger partial charge on any atom is -0.370 e. The third-order valence-corrected chi connectivity index (χ3v) is 4.39. The van der Waals surface area contributed by atoms with Gasteiger partial charge >= 0.3 is 0 Å². The minimum atomic E-state index is 0.665. The average molecular weight is 274 g/mol. The van der Waals surface area contributed by atoms with Crippen LogP contribution in [0.1, 0.15) is 51.2 Å². The molecule has 0 aliphatic carbocycles. The van der Waals surface area contributed by atoms with Crippen molar-refractivity contribution in [2.45, 2.75) is 58.9 Å². The second-order valence-electron chi connectivity index (χ2n) is 5.87. The Morgan fingerprint density at radius 3 is 2.45 bits per heavy atom. The zero-order chi connectivity index (χ0) is 14.4. The Morgan fingerprint density at radius 1 is 1.15 bits per heavy atom. The van der Waals surface area contributed by atoms with Crippen molar-refractivity contribution < 1.29 is 0 Å². The fourth-order valence-corrected chi connectivity index (χ4v) is 3.32. The largest absolute Gasteiger partial charge is 0.370 e. The maximum absolute atomic E-state index is 3.70. The molecular weight excluding hydrogens is 244 g/mol. The molecule has 0 amide bonds. The number of nitrogens with zero attached hydrogens (tertiary/aromatic N) is 1. The lowest BCUT2D eigenvalue weighted by Gasteiger charge is -2.37. The molecule has 2 heteroatoms. The standard InChI is InChI=1S/C18H30N2/c1-4-12-19-17-11-8-13-20(14-17)18-15(5-2)9-7-10-16(18)6-3/h7,9-10,17,19H,4-6,8,11-14H2,1-3H3. The van der Waals surface area contributed by atoms with E-state index in [-0.39, 0.29) is 0 Å². The van der Waals surface area contributed by atoms with Crippen LogP contribution in [0.4, 0.5) is 5.69 Å². The first-order valence-corrected chi connectivity index (χ1v) is 8.39. The minimum absolute atomic E-state index is 0.665. The molecule has 1 fully saturated rings. The summed E-state index contributed by atoms with van der Waals surface area (Å²) in [4.78, 5) is 2.63. The number of piperidine rings is 1. The Labute approximate surface area is 124 Å². The molecule has 112 valence electrons. The molecule has 0 saturated carbocycles. The molecule has 0 bridgehead atoms. The van der Waals surface area contributed by atoms with Crippen molar-refractivity contribution in [2.75, 3.05) is 24.5 Å². The average Bonchev–Trinajstić information content (AvgIpc) is 2.52. The van der Waals surface area contributed by atoms with Gasteiger partial charge in [-0.1, -0.05) is 39.0 Å². The Bertz CT molecular complexity index is 392. The lowest BCUT2D eigenvalue weighted by molar-refractivity contribution is 0.422. The van der Waals surface area contributed by atoms with Crippen LogP contribution < -0.4 is 10.2 Å². The van der Waals surface area contributed by atoms with Gasteiger partial charge in [0.25, 0.3) is 0 Å². The van der Waals surface area contributed by atoms with Crippen LogP contribution in [0, 0.1) is 0 Å². The van der Waals surface area contributed by atoms with Crippen molar-refractivity contribution in [3.63, 3.8) is 0 Å². The highest BCUT2D eigenvalue weighted by Gasteiger charge is 2.22. The van der Waals surface area contributed by atoms with Crippen LogP contribution >= 0.6 is 0 Å². The van der Waals surface area contributed by atoms with E-state index in [4.69, 9.17) is 0 Å². The second kappa shape index (κ2) is 7.68. The van der Waals surface area contributed by atoms with Crippen LogP contribution in [0.5, 0.6) is 0 Å². The Morgan fingerprint density at radius 2 is 1.85 bits per heavy atom. The molecule has 1 atom stereocenters. The highest BCUT2D eigenvalue weighted by atomic mass is 15.2. The fourth-order valence-electron chi connectivity index (χ4n) is 3.32. The SMILES string of the molecule is CCCNC1CCCN(c2c(CC)cccc2CC)C1. The zero-order valence-corrected chi connectivity index (χ0v) is 13.4. The van der Waals surface area contributed by atoms with Gasteiger partial charge < -0.3 is 10.2 Å². The first kappa shape index (κ1) is 15.4. The number of anilines is 1. The summed E-state index contributed by atoms with van der Waals surface area (Å²) in [6.07, 6.45) is 6.12. The van der Waals surface area contributed by atoms with Gasteiger partial charge in [-0.05, 0) is 49.8 Å². The van der Waals surface area contributed by atoms with Crippen molar-refractivity contribution in [1.29, 1.82) is 0 Å². The number of rotatable bonds is 6. The van der Waals surface area contributed by atoms with Crippen molar-refractivity contribution in [2.24, 2.45) is 0 Å². The summed E-state index contributed by atoms with van der Waals surface area (Å²) in [6, 6.07) is 7.49. The van der Waals surface area contributed by atoms with Crippen LogP contribution in [0.2, 0.25) is 0 Å². The zero-order valence-electron chi connectivity index (χ0n) is 13.4. The van der Waals surface area contributed by atoms with Crippen LogP contribution in [0.25, 0.3) is 0 Å². The lowest BCUT2D eigenvalue weighted by atomic mass is 9.98. The molecule has 20 heavy (non-hydrogen) atoms. The van der Waals surface area contributed by atoms with Gasteiger partial charge in [0.2, 0.25) is 0 Å². The molecule has 1 N–H and O–H groups in total. The number of benzene rings is 1. The van der Waals surface area contributed by atoms with E-state index in [1.54, 1.807) is 0 Å². The van der Waals surface area contributed by atoms with Crippen molar-refractivity contribution in [3.05, 3.63) is 29.3 Å². The van der Waals surface area contributed by atoms with Gasteiger partial charge in [-0.2, -0.15) is 0 Å². The van der Waals surface area contributed by atoms with Crippen LogP contribution in [0.15, 0.2) is 18.2 Å². The highest BCUT2D eigenvalue weighted by molar-refractivity contribution is 5.60. The van der Waals surface area contributed by atoms with Gasteiger partial charge in [-0.25, -0.2) is 0 Å². The van der Waals surface area contributed by atoms with E-state index in [1.807, 2.05) is 0 Å². The quantitative estimate of drug-likeness (QED) is 0.849. The maximum Gasteiger partial charge on any atom is 0.0431 e. The van der Waals surface area contributed by atoms with Crippen LogP contribution in [0.3, 0.4) is 0 Å². The van der Waals surface area contributed by atoms with Gasteiger partial charge in [-0.3, -0.25) is 0 Å². The number of aryl methyl sites for hydroxylation is 2. The molecule has 1 aromatic rings. The Balaban J connectivity index is 2.17.